The van der Waals surface area contributed by atoms with Crippen molar-refractivity contribution in [3.05, 3.63) is 148 Å². The molecule has 0 amide bonds. The maximum absolute atomic E-state index is 12.9. The highest BCUT2D eigenvalue weighted by Gasteiger charge is 2.35. The van der Waals surface area contributed by atoms with E-state index in [-0.39, 0.29) is 49.1 Å². The molecule has 404 valence electrons. The molecule has 1 N–H and O–H groups in total. The van der Waals surface area contributed by atoms with Crippen LogP contribution in [0.1, 0.15) is 211 Å². The topological polar surface area (TPSA) is 72.8 Å². The summed E-state index contributed by atoms with van der Waals surface area (Å²) in [6, 6.07) is 39.0. The lowest BCUT2D eigenvalue weighted by Gasteiger charge is -2.35. The molecule has 2 unspecified atom stereocenters. The van der Waals surface area contributed by atoms with Crippen molar-refractivity contribution in [1.29, 1.82) is 0 Å². The van der Waals surface area contributed by atoms with E-state index in [1.807, 2.05) is 12.1 Å². The molecule has 0 bridgehead atoms. The normalized spacial score (nSPS) is 14.3. The number of benzene rings is 6. The molecule has 0 radical (unpaired) electrons. The van der Waals surface area contributed by atoms with Gasteiger partial charge < -0.3 is 9.42 Å². The third-order valence-electron chi connectivity index (χ3n) is 14.7. The van der Waals surface area contributed by atoms with Crippen LogP contribution in [-0.2, 0) is 56.8 Å². The Bertz CT molecular complexity index is 3130. The minimum atomic E-state index is -3.48. The molecule has 0 fully saturated rings. The first-order valence-electron chi connectivity index (χ1n) is 27.0. The van der Waals surface area contributed by atoms with Crippen molar-refractivity contribution in [3.63, 3.8) is 0 Å². The van der Waals surface area contributed by atoms with Crippen LogP contribution >= 0.6 is 16.5 Å². The Morgan fingerprint density at radius 2 is 0.613 bits per heavy atom. The van der Waals surface area contributed by atoms with Crippen molar-refractivity contribution in [2.45, 2.75) is 209 Å². The summed E-state index contributed by atoms with van der Waals surface area (Å²) < 4.78 is 34.9. The van der Waals surface area contributed by atoms with E-state index in [2.05, 4.69) is 245 Å². The zero-order valence-corrected chi connectivity index (χ0v) is 52.4. The average molecular weight is 1050 g/mol. The largest absolute Gasteiger partial charge is 0.426 e. The molecule has 75 heavy (non-hydrogen) atoms. The lowest BCUT2D eigenvalue weighted by atomic mass is 9.69. The van der Waals surface area contributed by atoms with Gasteiger partial charge in [-0.3, -0.25) is 4.57 Å². The number of rotatable bonds is 9. The number of hydrogen-bond donors (Lipinski definition) is 1. The third-order valence-corrected chi connectivity index (χ3v) is 16.5. The van der Waals surface area contributed by atoms with Crippen LogP contribution in [0, 0.1) is 0 Å². The maximum Gasteiger partial charge on any atom is 0.374 e. The van der Waals surface area contributed by atoms with Gasteiger partial charge in [0, 0.05) is 0 Å². The first-order chi connectivity index (χ1) is 34.0. The van der Waals surface area contributed by atoms with E-state index in [0.29, 0.717) is 0 Å². The predicted octanol–water partition coefficient (Wildman–Crippen LogP) is 20.6. The van der Waals surface area contributed by atoms with Gasteiger partial charge in [0.1, 0.15) is 5.75 Å². The summed E-state index contributed by atoms with van der Waals surface area (Å²) >= 11 is 0. The summed E-state index contributed by atoms with van der Waals surface area (Å²) in [5.41, 5.74) is 20.0. The molecule has 0 spiro atoms. The lowest BCUT2D eigenvalue weighted by molar-refractivity contribution is 0.374. The first-order valence-corrected chi connectivity index (χ1v) is 29.5. The van der Waals surface area contributed by atoms with Crippen LogP contribution in [0.5, 0.6) is 5.75 Å². The summed E-state index contributed by atoms with van der Waals surface area (Å²) in [5, 5.41) is 0. The van der Waals surface area contributed by atoms with E-state index in [0.717, 1.165) is 44.5 Å². The van der Waals surface area contributed by atoms with Crippen molar-refractivity contribution < 1.29 is 22.9 Å². The van der Waals surface area contributed by atoms with Crippen LogP contribution in [0.4, 0.5) is 0 Å². The van der Waals surface area contributed by atoms with Crippen LogP contribution in [-0.4, -0.2) is 4.89 Å². The van der Waals surface area contributed by atoms with Gasteiger partial charge in [0.15, 0.2) is 0 Å². The smallest absolute Gasteiger partial charge is 0.374 e. The Hall–Kier alpha value is -4.50. The second kappa shape index (κ2) is 20.7. The lowest BCUT2D eigenvalue weighted by Crippen LogP contribution is -2.20. The first kappa shape index (κ1) is 59.7. The third kappa shape index (κ3) is 13.4. The molecule has 0 aliphatic rings. The highest BCUT2D eigenvalue weighted by atomic mass is 31.2. The van der Waals surface area contributed by atoms with E-state index in [1.54, 1.807) is 12.1 Å². The molecule has 6 rings (SSSR count). The molecular weight excluding hydrogens is 959 g/mol. The van der Waals surface area contributed by atoms with E-state index in [4.69, 9.17) is 8.83 Å². The van der Waals surface area contributed by atoms with Crippen LogP contribution in [0.2, 0.25) is 0 Å². The molecule has 6 aromatic rings. The monoisotopic (exact) mass is 1050 g/mol. The predicted molar refractivity (Wildman–Crippen MR) is 325 cm³/mol. The second-order valence-corrected chi connectivity index (χ2v) is 31.4. The molecule has 5 nitrogen and oxygen atoms in total. The van der Waals surface area contributed by atoms with Crippen LogP contribution in [0.15, 0.2) is 103 Å². The summed E-state index contributed by atoms with van der Waals surface area (Å²) in [7, 11) is -6.78. The van der Waals surface area contributed by atoms with E-state index >= 15 is 0 Å². The molecule has 0 aromatic heterocycles. The van der Waals surface area contributed by atoms with Crippen LogP contribution in [0.25, 0.3) is 55.6 Å². The van der Waals surface area contributed by atoms with Gasteiger partial charge in [-0.1, -0.05) is 251 Å². The van der Waals surface area contributed by atoms with Gasteiger partial charge in [-0.25, -0.2) is 8.88 Å². The molecule has 2 atom stereocenters. The second-order valence-electron chi connectivity index (χ2n) is 29.4. The van der Waals surface area contributed by atoms with Crippen molar-refractivity contribution in [2.75, 3.05) is 0 Å². The Balaban J connectivity index is 2.08. The molecule has 0 aliphatic heterocycles. The molecule has 0 aliphatic carbocycles. The Kier molecular flexibility index (Phi) is 16.5. The minimum absolute atomic E-state index is 0.0807. The fourth-order valence-electron chi connectivity index (χ4n) is 10.3. The van der Waals surface area contributed by atoms with Gasteiger partial charge in [0.05, 0.1) is 0 Å². The van der Waals surface area contributed by atoms with Crippen LogP contribution in [0.3, 0.4) is 0 Å². The fraction of sp³-hybridized carbons (Fsp3) is 0.471. The summed E-state index contributed by atoms with van der Waals surface area (Å²) in [4.78, 5) is 9.48. The highest BCUT2D eigenvalue weighted by molar-refractivity contribution is 7.47. The van der Waals surface area contributed by atoms with Gasteiger partial charge in [0.2, 0.25) is 0 Å². The van der Waals surface area contributed by atoms with Crippen molar-refractivity contribution in [3.8, 4) is 61.4 Å². The molecule has 0 heterocycles. The molecule has 0 saturated heterocycles. The van der Waals surface area contributed by atoms with Gasteiger partial charge in [-0.15, -0.1) is 0 Å². The van der Waals surface area contributed by atoms with E-state index in [1.165, 1.54) is 55.6 Å². The molecule has 7 heteroatoms. The van der Waals surface area contributed by atoms with Gasteiger partial charge >= 0.3 is 16.5 Å². The molecule has 0 saturated carbocycles. The highest BCUT2D eigenvalue weighted by Crippen LogP contribution is 2.56. The Labute approximate surface area is 455 Å². The summed E-state index contributed by atoms with van der Waals surface area (Å²) in [6.07, 6.45) is 0. The van der Waals surface area contributed by atoms with Crippen molar-refractivity contribution in [2.24, 2.45) is 0 Å². The quantitative estimate of drug-likeness (QED) is 0.146. The SMILES string of the molecule is CC(C)(C)c1ccc(-c2cc(-c3ccc(C(C)(C)C)cc3C(C)(C)C)c(-c3ccc(C(C)(C)C)cc3C(C)(C)C)c(-c3ccc(C(C)(C)C)cc3C(C)(C)C)c2-c2ccc(O[PH](=O)O[PH](=O)O)cc2)c(C(C)(C)C)c1. The number of hydrogen-bond acceptors (Lipinski definition) is 4. The van der Waals surface area contributed by atoms with Gasteiger partial charge in [-0.05, 0) is 162 Å². The molecule has 6 aromatic carbocycles. The Morgan fingerprint density at radius 1 is 0.320 bits per heavy atom. The van der Waals surface area contributed by atoms with Crippen molar-refractivity contribution in [1.82, 2.24) is 0 Å². The van der Waals surface area contributed by atoms with Crippen LogP contribution < -0.4 is 4.52 Å². The molecular formula is C68H92O5P2. The minimum Gasteiger partial charge on any atom is -0.426 e. The summed E-state index contributed by atoms with van der Waals surface area (Å²) in [5.74, 6) is 0.280. The summed E-state index contributed by atoms with van der Waals surface area (Å²) in [6.45, 7) is 55.6. The Morgan fingerprint density at radius 3 is 0.920 bits per heavy atom. The standard InChI is InChI=1S/C68H92O5P2/c1-61(2,3)43-27-33-48(54(37-43)65(13,14)15)52-41-53(49-34-28-44(62(4,5)6)38-55(49)66(16,17)18)59(50-35-29-45(63(7,8)9)39-56(50)67(19,20)21)60(51-36-30-46(64(10,11)12)40-57(51)68(22,23)24)58(52)42-25-31-47(32-26-42)72-75(71)73-74(69)70/h25-41,74-75H,1-24H3,(H,69,70). The van der Waals surface area contributed by atoms with Gasteiger partial charge in [0.25, 0.3) is 0 Å². The van der Waals surface area contributed by atoms with E-state index < -0.39 is 16.5 Å². The average Bonchev–Trinajstić information content (AvgIpc) is 3.25. The van der Waals surface area contributed by atoms with Gasteiger partial charge in [-0.2, -0.15) is 0 Å². The van der Waals surface area contributed by atoms with E-state index in [9.17, 15) is 14.0 Å². The maximum atomic E-state index is 12.9. The fourth-order valence-corrected chi connectivity index (χ4v) is 11.3. The van der Waals surface area contributed by atoms with Crippen molar-refractivity contribution >= 4 is 16.5 Å². The zero-order valence-electron chi connectivity index (χ0n) is 50.4. The zero-order chi connectivity index (χ0) is 56.6.